The lowest BCUT2D eigenvalue weighted by molar-refractivity contribution is 0.445. The van der Waals surface area contributed by atoms with Gasteiger partial charge in [-0.3, -0.25) is 4.57 Å². The summed E-state index contributed by atoms with van der Waals surface area (Å²) in [4.78, 5) is 15.0. The number of rotatable bonds is 2. The predicted octanol–water partition coefficient (Wildman–Crippen LogP) is 3.40. The Bertz CT molecular complexity index is 602. The number of para-hydroxylation sites is 1. The Morgan fingerprint density at radius 2 is 2.06 bits per heavy atom. The van der Waals surface area contributed by atoms with Gasteiger partial charge in [0.2, 0.25) is 0 Å². The lowest BCUT2D eigenvalue weighted by Crippen LogP contribution is -2.14. The molecule has 1 heterocycles. The maximum Gasteiger partial charge on any atom is 0.326 e. The molecule has 2 aromatic rings. The van der Waals surface area contributed by atoms with Gasteiger partial charge in [-0.1, -0.05) is 31.4 Å². The number of hydrogen-bond donors (Lipinski definition) is 1. The first-order valence-corrected chi connectivity index (χ1v) is 7.02. The van der Waals surface area contributed by atoms with Crippen molar-refractivity contribution in [2.24, 2.45) is 0 Å². The highest BCUT2D eigenvalue weighted by molar-refractivity contribution is 5.79. The number of fused-ring (bicyclic) bond motifs is 1. The SMILES string of the molecule is CCn1c(=O)[nH]c2c(C3CCCCC3)cccc21. The van der Waals surface area contributed by atoms with Gasteiger partial charge in [-0.2, -0.15) is 0 Å². The Labute approximate surface area is 107 Å². The molecular formula is C15H20N2O. The number of H-pyrrole nitrogens is 1. The summed E-state index contributed by atoms with van der Waals surface area (Å²) in [5, 5.41) is 0. The Hall–Kier alpha value is -1.51. The van der Waals surface area contributed by atoms with Crippen LogP contribution in [-0.4, -0.2) is 9.55 Å². The zero-order chi connectivity index (χ0) is 12.5. The summed E-state index contributed by atoms with van der Waals surface area (Å²) in [5.74, 6) is 0.630. The molecule has 18 heavy (non-hydrogen) atoms. The number of hydrogen-bond acceptors (Lipinski definition) is 1. The fraction of sp³-hybridized carbons (Fsp3) is 0.533. The van der Waals surface area contributed by atoms with Gasteiger partial charge < -0.3 is 4.98 Å². The van der Waals surface area contributed by atoms with Crippen molar-refractivity contribution in [2.45, 2.75) is 51.5 Å². The molecule has 3 nitrogen and oxygen atoms in total. The number of nitrogens with zero attached hydrogens (tertiary/aromatic N) is 1. The summed E-state index contributed by atoms with van der Waals surface area (Å²) in [6, 6.07) is 6.32. The van der Waals surface area contributed by atoms with Crippen molar-refractivity contribution >= 4 is 11.0 Å². The summed E-state index contributed by atoms with van der Waals surface area (Å²) in [6.45, 7) is 2.74. The van der Waals surface area contributed by atoms with Crippen molar-refractivity contribution in [3.8, 4) is 0 Å². The molecule has 96 valence electrons. The minimum absolute atomic E-state index is 0.0239. The van der Waals surface area contributed by atoms with Crippen LogP contribution in [-0.2, 0) is 6.54 Å². The summed E-state index contributed by atoms with van der Waals surface area (Å²) >= 11 is 0. The third kappa shape index (κ3) is 1.78. The number of aromatic amines is 1. The molecule has 0 amide bonds. The number of aromatic nitrogens is 2. The average Bonchev–Trinajstić information content (AvgIpc) is 2.74. The van der Waals surface area contributed by atoms with Crippen LogP contribution in [0.15, 0.2) is 23.0 Å². The number of nitrogens with one attached hydrogen (secondary N) is 1. The predicted molar refractivity (Wildman–Crippen MR) is 74.1 cm³/mol. The molecule has 1 saturated carbocycles. The topological polar surface area (TPSA) is 37.8 Å². The van der Waals surface area contributed by atoms with E-state index in [-0.39, 0.29) is 5.69 Å². The van der Waals surface area contributed by atoms with Crippen molar-refractivity contribution in [1.29, 1.82) is 0 Å². The van der Waals surface area contributed by atoms with Crippen molar-refractivity contribution in [2.75, 3.05) is 0 Å². The molecule has 1 aromatic carbocycles. The maximum atomic E-state index is 11.9. The molecule has 0 spiro atoms. The van der Waals surface area contributed by atoms with Gasteiger partial charge in [-0.05, 0) is 37.3 Å². The van der Waals surface area contributed by atoms with Crippen molar-refractivity contribution < 1.29 is 0 Å². The van der Waals surface area contributed by atoms with E-state index in [9.17, 15) is 4.79 Å². The molecule has 3 rings (SSSR count). The van der Waals surface area contributed by atoms with Crippen LogP contribution in [0.3, 0.4) is 0 Å². The second-order valence-corrected chi connectivity index (χ2v) is 5.25. The zero-order valence-electron chi connectivity index (χ0n) is 10.9. The molecule has 0 unspecified atom stereocenters. The normalized spacial score (nSPS) is 17.4. The Kier molecular flexibility index (Phi) is 2.98. The van der Waals surface area contributed by atoms with E-state index in [1.165, 1.54) is 37.7 Å². The fourth-order valence-electron chi connectivity index (χ4n) is 3.27. The second kappa shape index (κ2) is 4.63. The largest absolute Gasteiger partial charge is 0.326 e. The minimum atomic E-state index is 0.0239. The number of imidazole rings is 1. The molecule has 1 aliphatic carbocycles. The highest BCUT2D eigenvalue weighted by Gasteiger charge is 2.19. The molecule has 1 aliphatic rings. The monoisotopic (exact) mass is 244 g/mol. The summed E-state index contributed by atoms with van der Waals surface area (Å²) in [6.07, 6.45) is 6.52. The van der Waals surface area contributed by atoms with Crippen LogP contribution in [0.2, 0.25) is 0 Å². The fourth-order valence-corrected chi connectivity index (χ4v) is 3.27. The molecule has 1 fully saturated rings. The van der Waals surface area contributed by atoms with Gasteiger partial charge in [0.25, 0.3) is 0 Å². The lowest BCUT2D eigenvalue weighted by Gasteiger charge is -2.22. The molecular weight excluding hydrogens is 224 g/mol. The number of aryl methyl sites for hydroxylation is 1. The highest BCUT2D eigenvalue weighted by atomic mass is 16.1. The van der Waals surface area contributed by atoms with Gasteiger partial charge in [0.1, 0.15) is 0 Å². The third-order valence-electron chi connectivity index (χ3n) is 4.20. The van der Waals surface area contributed by atoms with Gasteiger partial charge >= 0.3 is 5.69 Å². The van der Waals surface area contributed by atoms with E-state index in [4.69, 9.17) is 0 Å². The molecule has 0 radical (unpaired) electrons. The molecule has 1 N–H and O–H groups in total. The molecule has 0 aliphatic heterocycles. The standard InChI is InChI=1S/C15H20N2O/c1-2-17-13-10-6-9-12(14(13)16-15(17)18)11-7-4-3-5-8-11/h6,9-11H,2-5,7-8H2,1H3,(H,16,18). The summed E-state index contributed by atoms with van der Waals surface area (Å²) in [5.41, 5.74) is 3.49. The van der Waals surface area contributed by atoms with Gasteiger partial charge in [-0.15, -0.1) is 0 Å². The van der Waals surface area contributed by atoms with Crippen molar-refractivity contribution in [3.63, 3.8) is 0 Å². The van der Waals surface area contributed by atoms with Crippen LogP contribution in [0.1, 0.15) is 50.5 Å². The van der Waals surface area contributed by atoms with Crippen molar-refractivity contribution in [3.05, 3.63) is 34.2 Å². The minimum Gasteiger partial charge on any atom is -0.305 e. The van der Waals surface area contributed by atoms with Crippen LogP contribution >= 0.6 is 0 Å². The Balaban J connectivity index is 2.14. The van der Waals surface area contributed by atoms with Crippen molar-refractivity contribution in [1.82, 2.24) is 9.55 Å². The quantitative estimate of drug-likeness (QED) is 0.863. The van der Waals surface area contributed by atoms with E-state index in [1.54, 1.807) is 0 Å². The zero-order valence-corrected chi connectivity index (χ0v) is 10.9. The molecule has 0 saturated heterocycles. The Morgan fingerprint density at radius 1 is 1.28 bits per heavy atom. The smallest absolute Gasteiger partial charge is 0.305 e. The Morgan fingerprint density at radius 3 is 2.78 bits per heavy atom. The van der Waals surface area contributed by atoms with E-state index in [2.05, 4.69) is 17.1 Å². The van der Waals surface area contributed by atoms with Crippen LogP contribution in [0.5, 0.6) is 0 Å². The maximum absolute atomic E-state index is 11.9. The third-order valence-corrected chi connectivity index (χ3v) is 4.20. The van der Waals surface area contributed by atoms with Gasteiger partial charge in [-0.25, -0.2) is 4.79 Å². The first kappa shape index (κ1) is 11.6. The molecule has 3 heteroatoms. The van der Waals surface area contributed by atoms with E-state index >= 15 is 0 Å². The average molecular weight is 244 g/mol. The highest BCUT2D eigenvalue weighted by Crippen LogP contribution is 2.35. The molecule has 0 atom stereocenters. The van der Waals surface area contributed by atoms with E-state index in [0.717, 1.165) is 17.6 Å². The second-order valence-electron chi connectivity index (χ2n) is 5.25. The van der Waals surface area contributed by atoms with Crippen LogP contribution in [0, 0.1) is 0 Å². The lowest BCUT2D eigenvalue weighted by atomic mass is 9.83. The van der Waals surface area contributed by atoms with E-state index in [0.29, 0.717) is 5.92 Å². The van der Waals surface area contributed by atoms with E-state index in [1.807, 2.05) is 17.6 Å². The van der Waals surface area contributed by atoms with Gasteiger partial charge in [0.05, 0.1) is 11.0 Å². The first-order chi connectivity index (χ1) is 8.81. The molecule has 1 aromatic heterocycles. The van der Waals surface area contributed by atoms with Crippen LogP contribution in [0.25, 0.3) is 11.0 Å². The van der Waals surface area contributed by atoms with Crippen LogP contribution in [0.4, 0.5) is 0 Å². The van der Waals surface area contributed by atoms with E-state index < -0.39 is 0 Å². The summed E-state index contributed by atoms with van der Waals surface area (Å²) < 4.78 is 1.82. The summed E-state index contributed by atoms with van der Waals surface area (Å²) in [7, 11) is 0. The molecule has 0 bridgehead atoms. The van der Waals surface area contributed by atoms with Gasteiger partial charge in [0, 0.05) is 6.54 Å². The van der Waals surface area contributed by atoms with Crippen LogP contribution < -0.4 is 5.69 Å². The first-order valence-electron chi connectivity index (χ1n) is 7.02. The van der Waals surface area contributed by atoms with Gasteiger partial charge in [0.15, 0.2) is 0 Å². The number of benzene rings is 1.